The van der Waals surface area contributed by atoms with Crippen molar-refractivity contribution in [3.8, 4) is 11.3 Å². The maximum Gasteiger partial charge on any atom is 0.225 e. The van der Waals surface area contributed by atoms with Crippen LogP contribution in [0.2, 0.25) is 0 Å². The van der Waals surface area contributed by atoms with Gasteiger partial charge >= 0.3 is 0 Å². The minimum atomic E-state index is -0.940. The molecule has 0 bridgehead atoms. The molecule has 7 heteroatoms. The number of halogens is 2. The Kier molecular flexibility index (Phi) is 4.91. The van der Waals surface area contributed by atoms with Crippen molar-refractivity contribution in [1.82, 2.24) is 15.0 Å². The van der Waals surface area contributed by atoms with Gasteiger partial charge in [-0.2, -0.15) is 4.98 Å². The minimum absolute atomic E-state index is 0.0256. The maximum absolute atomic E-state index is 14.0. The average molecular weight is 367 g/mol. The number of hydrogen-bond acceptors (Lipinski definition) is 5. The molecule has 0 amide bonds. The molecular formula is C20H19F2N5. The fourth-order valence-electron chi connectivity index (χ4n) is 3.23. The standard InChI is InChI=1S/C20H19F2N5/c21-15-8-3-9-16(19(15)22)25-18-11-17(13-5-4-10-23-12-13)26-20(27-18)24-14-6-1-2-7-14/h3-5,8-12,14H,1-2,6-7H2,(H2,24,25,26,27). The molecule has 0 spiro atoms. The van der Waals surface area contributed by atoms with Gasteiger partial charge in [-0.1, -0.05) is 18.9 Å². The molecule has 4 rings (SSSR count). The molecule has 2 N–H and O–H groups in total. The number of anilines is 3. The van der Waals surface area contributed by atoms with Gasteiger partial charge in [0.05, 0.1) is 11.4 Å². The summed E-state index contributed by atoms with van der Waals surface area (Å²) in [4.78, 5) is 13.1. The van der Waals surface area contributed by atoms with E-state index < -0.39 is 11.6 Å². The third kappa shape index (κ3) is 4.02. The van der Waals surface area contributed by atoms with E-state index in [1.54, 1.807) is 18.5 Å². The minimum Gasteiger partial charge on any atom is -0.351 e. The molecule has 1 aliphatic carbocycles. The normalized spacial score (nSPS) is 14.3. The number of benzene rings is 1. The van der Waals surface area contributed by atoms with Gasteiger partial charge in [-0.15, -0.1) is 0 Å². The van der Waals surface area contributed by atoms with Crippen LogP contribution in [0.1, 0.15) is 25.7 Å². The Morgan fingerprint density at radius 3 is 2.63 bits per heavy atom. The zero-order valence-electron chi connectivity index (χ0n) is 14.6. The second-order valence-electron chi connectivity index (χ2n) is 6.56. The molecule has 0 aliphatic heterocycles. The lowest BCUT2D eigenvalue weighted by Gasteiger charge is -2.15. The number of pyridine rings is 1. The first-order chi connectivity index (χ1) is 13.2. The van der Waals surface area contributed by atoms with Crippen LogP contribution in [0, 0.1) is 11.6 Å². The number of rotatable bonds is 5. The van der Waals surface area contributed by atoms with Gasteiger partial charge in [0, 0.05) is 30.1 Å². The van der Waals surface area contributed by atoms with Crippen LogP contribution in [0.3, 0.4) is 0 Å². The summed E-state index contributed by atoms with van der Waals surface area (Å²) in [5, 5.41) is 6.21. The van der Waals surface area contributed by atoms with Gasteiger partial charge in [0.15, 0.2) is 11.6 Å². The van der Waals surface area contributed by atoms with Gasteiger partial charge in [-0.05, 0) is 37.1 Å². The van der Waals surface area contributed by atoms with E-state index >= 15 is 0 Å². The van der Waals surface area contributed by atoms with E-state index in [0.29, 0.717) is 23.5 Å². The van der Waals surface area contributed by atoms with Crippen molar-refractivity contribution in [1.29, 1.82) is 0 Å². The molecule has 0 saturated heterocycles. The highest BCUT2D eigenvalue weighted by atomic mass is 19.2. The summed E-state index contributed by atoms with van der Waals surface area (Å²) in [6.07, 6.45) is 7.89. The molecule has 138 valence electrons. The summed E-state index contributed by atoms with van der Waals surface area (Å²) in [7, 11) is 0. The summed E-state index contributed by atoms with van der Waals surface area (Å²) in [6.45, 7) is 0. The molecule has 0 atom stereocenters. The molecule has 1 aromatic carbocycles. The Bertz CT molecular complexity index is 927. The molecule has 5 nitrogen and oxygen atoms in total. The zero-order valence-corrected chi connectivity index (χ0v) is 14.6. The van der Waals surface area contributed by atoms with Crippen LogP contribution in [0.15, 0.2) is 48.8 Å². The third-order valence-corrected chi connectivity index (χ3v) is 4.59. The molecule has 27 heavy (non-hydrogen) atoms. The van der Waals surface area contributed by atoms with Crippen LogP contribution in [0.5, 0.6) is 0 Å². The van der Waals surface area contributed by atoms with Gasteiger partial charge in [0.25, 0.3) is 0 Å². The molecule has 1 aliphatic rings. The Labute approximate surface area is 155 Å². The van der Waals surface area contributed by atoms with Gasteiger partial charge in [0.1, 0.15) is 5.82 Å². The fraction of sp³-hybridized carbons (Fsp3) is 0.250. The highest BCUT2D eigenvalue weighted by Gasteiger charge is 2.17. The molecule has 1 fully saturated rings. The largest absolute Gasteiger partial charge is 0.351 e. The quantitative estimate of drug-likeness (QED) is 0.670. The van der Waals surface area contributed by atoms with Crippen molar-refractivity contribution in [3.05, 3.63) is 60.4 Å². The predicted molar refractivity (Wildman–Crippen MR) is 101 cm³/mol. The number of nitrogens with zero attached hydrogens (tertiary/aromatic N) is 3. The summed E-state index contributed by atoms with van der Waals surface area (Å²) in [5.74, 6) is -1.01. The number of hydrogen-bond donors (Lipinski definition) is 2. The van der Waals surface area contributed by atoms with E-state index in [0.717, 1.165) is 24.5 Å². The topological polar surface area (TPSA) is 62.7 Å². The Morgan fingerprint density at radius 1 is 1.00 bits per heavy atom. The predicted octanol–water partition coefficient (Wildman–Crippen LogP) is 4.91. The van der Waals surface area contributed by atoms with Crippen LogP contribution in [0.25, 0.3) is 11.3 Å². The van der Waals surface area contributed by atoms with Crippen molar-refractivity contribution in [2.45, 2.75) is 31.7 Å². The highest BCUT2D eigenvalue weighted by molar-refractivity contribution is 5.67. The summed E-state index contributed by atoms with van der Waals surface area (Å²) < 4.78 is 27.5. The van der Waals surface area contributed by atoms with Crippen LogP contribution >= 0.6 is 0 Å². The van der Waals surface area contributed by atoms with Crippen LogP contribution in [-0.4, -0.2) is 21.0 Å². The Hall–Kier alpha value is -3.09. The van der Waals surface area contributed by atoms with Crippen molar-refractivity contribution in [2.24, 2.45) is 0 Å². The lowest BCUT2D eigenvalue weighted by atomic mass is 10.2. The van der Waals surface area contributed by atoms with Gasteiger partial charge in [-0.3, -0.25) is 4.98 Å². The molecule has 2 aromatic heterocycles. The summed E-state index contributed by atoms with van der Waals surface area (Å²) in [6, 6.07) is 9.72. The van der Waals surface area contributed by atoms with Gasteiger partial charge < -0.3 is 10.6 Å². The van der Waals surface area contributed by atoms with Crippen molar-refractivity contribution < 1.29 is 8.78 Å². The smallest absolute Gasteiger partial charge is 0.225 e. The molecular weight excluding hydrogens is 348 g/mol. The van der Waals surface area contributed by atoms with Crippen molar-refractivity contribution in [3.63, 3.8) is 0 Å². The summed E-state index contributed by atoms with van der Waals surface area (Å²) in [5.41, 5.74) is 1.49. The molecule has 1 saturated carbocycles. The first kappa shape index (κ1) is 17.3. The fourth-order valence-corrected chi connectivity index (χ4v) is 3.23. The molecule has 2 heterocycles. The summed E-state index contributed by atoms with van der Waals surface area (Å²) >= 11 is 0. The van der Waals surface area contributed by atoms with E-state index in [9.17, 15) is 8.78 Å². The number of aromatic nitrogens is 3. The zero-order chi connectivity index (χ0) is 18.6. The van der Waals surface area contributed by atoms with Crippen LogP contribution in [0.4, 0.5) is 26.2 Å². The van der Waals surface area contributed by atoms with E-state index in [1.807, 2.05) is 12.1 Å². The number of nitrogens with one attached hydrogen (secondary N) is 2. The second-order valence-corrected chi connectivity index (χ2v) is 6.56. The first-order valence-electron chi connectivity index (χ1n) is 8.96. The molecule has 3 aromatic rings. The van der Waals surface area contributed by atoms with E-state index in [1.165, 1.54) is 25.0 Å². The second kappa shape index (κ2) is 7.65. The van der Waals surface area contributed by atoms with Gasteiger partial charge in [0.2, 0.25) is 5.95 Å². The van der Waals surface area contributed by atoms with Crippen molar-refractivity contribution >= 4 is 17.5 Å². The first-order valence-corrected chi connectivity index (χ1v) is 8.96. The SMILES string of the molecule is Fc1cccc(Nc2cc(-c3cccnc3)nc(NC3CCCC3)n2)c1F. The maximum atomic E-state index is 14.0. The van der Waals surface area contributed by atoms with E-state index in [-0.39, 0.29) is 5.69 Å². The molecule has 0 unspecified atom stereocenters. The van der Waals surface area contributed by atoms with Gasteiger partial charge in [-0.25, -0.2) is 13.8 Å². The average Bonchev–Trinajstić information content (AvgIpc) is 3.19. The molecule has 0 radical (unpaired) electrons. The van der Waals surface area contributed by atoms with E-state index in [4.69, 9.17) is 0 Å². The highest BCUT2D eigenvalue weighted by Crippen LogP contribution is 2.27. The lowest BCUT2D eigenvalue weighted by Crippen LogP contribution is -2.17. The van der Waals surface area contributed by atoms with Crippen LogP contribution < -0.4 is 10.6 Å². The third-order valence-electron chi connectivity index (χ3n) is 4.59. The lowest BCUT2D eigenvalue weighted by molar-refractivity contribution is 0.511. The van der Waals surface area contributed by atoms with E-state index in [2.05, 4.69) is 25.6 Å². The van der Waals surface area contributed by atoms with Crippen molar-refractivity contribution in [2.75, 3.05) is 10.6 Å². The Morgan fingerprint density at radius 2 is 1.85 bits per heavy atom. The monoisotopic (exact) mass is 367 g/mol. The Balaban J connectivity index is 1.69. The van der Waals surface area contributed by atoms with Crippen LogP contribution in [-0.2, 0) is 0 Å².